The SMILES string of the molecule is CN(C)C1CCC2(CC1)CCN(c1ccc(Nc3ncc(Cl)c(Nc4ccccc4P(C)(C)=O)n3)c([N+](=O)[O-])c1)CC2. The normalized spacial score (nSPS) is 17.4. The maximum Gasteiger partial charge on any atom is 0.294 e. The summed E-state index contributed by atoms with van der Waals surface area (Å²) in [6, 6.07) is 13.2. The van der Waals surface area contributed by atoms with Crippen LogP contribution in [0.1, 0.15) is 38.5 Å². The monoisotopic (exact) mass is 611 g/mol. The van der Waals surface area contributed by atoms with Crippen molar-refractivity contribution in [1.82, 2.24) is 14.9 Å². The Bertz CT molecular complexity index is 1490. The molecule has 0 atom stereocenters. The lowest BCUT2D eigenvalue weighted by Gasteiger charge is -2.47. The number of nitro benzene ring substituents is 1. The van der Waals surface area contributed by atoms with E-state index in [1.165, 1.54) is 31.9 Å². The van der Waals surface area contributed by atoms with E-state index in [4.69, 9.17) is 11.6 Å². The molecule has 10 nitrogen and oxygen atoms in total. The first-order valence-electron chi connectivity index (χ1n) is 14.4. The molecule has 1 saturated carbocycles. The van der Waals surface area contributed by atoms with Crippen LogP contribution in [-0.4, -0.2) is 66.3 Å². The first kappa shape index (κ1) is 30.3. The van der Waals surface area contributed by atoms with Gasteiger partial charge in [-0.05, 0) is 95.6 Å². The summed E-state index contributed by atoms with van der Waals surface area (Å²) in [4.78, 5) is 25.0. The highest BCUT2D eigenvalue weighted by Crippen LogP contribution is 2.46. The molecular weight excluding hydrogens is 573 g/mol. The van der Waals surface area contributed by atoms with Crippen molar-refractivity contribution in [2.75, 3.05) is 56.0 Å². The second-order valence-electron chi connectivity index (χ2n) is 12.1. The predicted molar refractivity (Wildman–Crippen MR) is 172 cm³/mol. The Hall–Kier alpha value is -3.20. The minimum atomic E-state index is -2.57. The molecule has 0 unspecified atom stereocenters. The van der Waals surface area contributed by atoms with Gasteiger partial charge in [0.2, 0.25) is 5.95 Å². The molecule has 2 heterocycles. The third-order valence-corrected chi connectivity index (χ3v) is 10.7. The molecule has 1 saturated heterocycles. The second kappa shape index (κ2) is 12.2. The lowest BCUT2D eigenvalue weighted by Crippen LogP contribution is -2.44. The zero-order chi connectivity index (χ0) is 30.1. The number of nitro groups is 1. The summed E-state index contributed by atoms with van der Waals surface area (Å²) in [5.41, 5.74) is 2.13. The van der Waals surface area contributed by atoms with Crippen LogP contribution in [0.15, 0.2) is 48.7 Å². The van der Waals surface area contributed by atoms with E-state index in [0.717, 1.165) is 31.6 Å². The van der Waals surface area contributed by atoms with E-state index < -0.39 is 7.14 Å². The molecule has 2 fully saturated rings. The molecule has 12 heteroatoms. The van der Waals surface area contributed by atoms with Gasteiger partial charge < -0.3 is 25.0 Å². The fourth-order valence-corrected chi connectivity index (χ4v) is 7.55. The molecule has 0 radical (unpaired) electrons. The topological polar surface area (TPSA) is 117 Å². The number of para-hydroxylation sites is 1. The van der Waals surface area contributed by atoms with Gasteiger partial charge in [0.25, 0.3) is 5.69 Å². The standard InChI is InChI=1S/C30H39ClN7O3P/c1-36(2)21-11-13-30(14-12-21)15-17-37(18-16-30)22-9-10-24(26(19-22)38(39)40)34-29-32-20-23(31)28(35-29)33-25-7-5-6-8-27(25)42(3,4)41/h5-10,19-21H,11-18H2,1-4H3,(H2,32,33,34,35). The number of nitrogens with zero attached hydrogens (tertiary/aromatic N) is 5. The van der Waals surface area contributed by atoms with Crippen LogP contribution >= 0.6 is 18.7 Å². The van der Waals surface area contributed by atoms with Gasteiger partial charge in [-0.25, -0.2) is 4.98 Å². The van der Waals surface area contributed by atoms with E-state index in [-0.39, 0.29) is 21.6 Å². The molecule has 1 aromatic heterocycles. The number of hydrogen-bond acceptors (Lipinski definition) is 9. The number of aromatic nitrogens is 2. The van der Waals surface area contributed by atoms with Gasteiger partial charge in [-0.3, -0.25) is 10.1 Å². The minimum Gasteiger partial charge on any atom is -0.371 e. The van der Waals surface area contributed by atoms with Crippen LogP contribution in [0.2, 0.25) is 5.02 Å². The summed E-state index contributed by atoms with van der Waals surface area (Å²) >= 11 is 6.38. The first-order valence-corrected chi connectivity index (χ1v) is 17.3. The lowest BCUT2D eigenvalue weighted by molar-refractivity contribution is -0.383. The Morgan fingerprint density at radius 2 is 1.74 bits per heavy atom. The van der Waals surface area contributed by atoms with Crippen LogP contribution in [0.4, 0.5) is 34.5 Å². The van der Waals surface area contributed by atoms with Crippen LogP contribution in [0, 0.1) is 15.5 Å². The Morgan fingerprint density at radius 1 is 1.05 bits per heavy atom. The molecule has 2 aliphatic rings. The summed E-state index contributed by atoms with van der Waals surface area (Å²) in [6.07, 6.45) is 8.66. The Kier molecular flexibility index (Phi) is 8.78. The Balaban J connectivity index is 1.31. The maximum atomic E-state index is 12.8. The average molecular weight is 612 g/mol. The molecule has 3 aromatic rings. The van der Waals surface area contributed by atoms with Crippen LogP contribution in [0.3, 0.4) is 0 Å². The van der Waals surface area contributed by atoms with Crippen LogP contribution in [0.25, 0.3) is 0 Å². The molecule has 224 valence electrons. The summed E-state index contributed by atoms with van der Waals surface area (Å²) < 4.78 is 12.8. The summed E-state index contributed by atoms with van der Waals surface area (Å²) in [7, 11) is 1.77. The molecule has 1 aliphatic heterocycles. The largest absolute Gasteiger partial charge is 0.371 e. The number of anilines is 5. The zero-order valence-electron chi connectivity index (χ0n) is 24.6. The van der Waals surface area contributed by atoms with Gasteiger partial charge >= 0.3 is 0 Å². The van der Waals surface area contributed by atoms with Crippen molar-refractivity contribution in [1.29, 1.82) is 0 Å². The average Bonchev–Trinajstić information content (AvgIpc) is 2.95. The highest BCUT2D eigenvalue weighted by atomic mass is 35.5. The molecule has 2 N–H and O–H groups in total. The van der Waals surface area contributed by atoms with Crippen LogP contribution in [0.5, 0.6) is 0 Å². The van der Waals surface area contributed by atoms with E-state index in [0.29, 0.717) is 34.0 Å². The lowest BCUT2D eigenvalue weighted by atomic mass is 9.67. The van der Waals surface area contributed by atoms with Crippen molar-refractivity contribution in [3.8, 4) is 0 Å². The number of nitrogens with one attached hydrogen (secondary N) is 2. The molecule has 5 rings (SSSR count). The molecule has 1 spiro atoms. The first-order chi connectivity index (χ1) is 19.9. The van der Waals surface area contributed by atoms with Crippen molar-refractivity contribution in [2.45, 2.75) is 44.6 Å². The predicted octanol–water partition coefficient (Wildman–Crippen LogP) is 6.86. The number of hydrogen-bond donors (Lipinski definition) is 2. The molecule has 2 aromatic carbocycles. The van der Waals surface area contributed by atoms with Gasteiger partial charge in [-0.1, -0.05) is 23.7 Å². The van der Waals surface area contributed by atoms with Crippen molar-refractivity contribution in [2.24, 2.45) is 5.41 Å². The molecule has 0 amide bonds. The van der Waals surface area contributed by atoms with Crippen LogP contribution < -0.4 is 20.8 Å². The van der Waals surface area contributed by atoms with Gasteiger partial charge in [-0.15, -0.1) is 0 Å². The van der Waals surface area contributed by atoms with Crippen molar-refractivity contribution in [3.63, 3.8) is 0 Å². The third kappa shape index (κ3) is 6.72. The van der Waals surface area contributed by atoms with E-state index in [9.17, 15) is 14.7 Å². The molecular formula is C30H39ClN7O3P. The van der Waals surface area contributed by atoms with E-state index in [1.54, 1.807) is 37.6 Å². The Labute approximate surface area is 252 Å². The fraction of sp³-hybridized carbons (Fsp3) is 0.467. The summed E-state index contributed by atoms with van der Waals surface area (Å²) in [6.45, 7) is 5.19. The van der Waals surface area contributed by atoms with Gasteiger partial charge in [0.1, 0.15) is 17.9 Å². The fourth-order valence-electron chi connectivity index (χ4n) is 6.26. The number of piperidine rings is 1. The number of rotatable bonds is 8. The van der Waals surface area contributed by atoms with E-state index in [1.807, 2.05) is 18.2 Å². The quantitative estimate of drug-likeness (QED) is 0.160. The molecule has 1 aliphatic carbocycles. The van der Waals surface area contributed by atoms with Gasteiger partial charge in [0, 0.05) is 36.2 Å². The minimum absolute atomic E-state index is 0.0458. The van der Waals surface area contributed by atoms with Gasteiger partial charge in [-0.2, -0.15) is 4.98 Å². The van der Waals surface area contributed by atoms with Crippen LogP contribution in [-0.2, 0) is 4.57 Å². The third-order valence-electron chi connectivity index (χ3n) is 8.84. The number of halogens is 1. The van der Waals surface area contributed by atoms with E-state index in [2.05, 4.69) is 44.5 Å². The molecule has 0 bridgehead atoms. The van der Waals surface area contributed by atoms with Gasteiger partial charge in [0.15, 0.2) is 5.82 Å². The van der Waals surface area contributed by atoms with Crippen molar-refractivity contribution in [3.05, 3.63) is 63.8 Å². The second-order valence-corrected chi connectivity index (χ2v) is 15.7. The maximum absolute atomic E-state index is 12.8. The highest BCUT2D eigenvalue weighted by Gasteiger charge is 2.38. The van der Waals surface area contributed by atoms with Crippen molar-refractivity contribution >= 4 is 58.6 Å². The zero-order valence-corrected chi connectivity index (χ0v) is 26.3. The number of benzene rings is 2. The molecule has 42 heavy (non-hydrogen) atoms. The summed E-state index contributed by atoms with van der Waals surface area (Å²) in [5, 5.41) is 19.2. The van der Waals surface area contributed by atoms with Gasteiger partial charge in [0.05, 0.1) is 16.8 Å². The summed E-state index contributed by atoms with van der Waals surface area (Å²) in [5.74, 6) is 0.454. The van der Waals surface area contributed by atoms with E-state index >= 15 is 0 Å². The van der Waals surface area contributed by atoms with Crippen molar-refractivity contribution < 1.29 is 9.49 Å². The highest BCUT2D eigenvalue weighted by molar-refractivity contribution is 7.70. The Morgan fingerprint density at radius 3 is 2.38 bits per heavy atom. The smallest absolute Gasteiger partial charge is 0.294 e.